The first-order valence-electron chi connectivity index (χ1n) is 10.8. The predicted molar refractivity (Wildman–Crippen MR) is 119 cm³/mol. The fraction of sp³-hybridized carbons (Fsp3) is 0.375. The smallest absolute Gasteiger partial charge is 0.356 e. The van der Waals surface area contributed by atoms with Crippen LogP contribution in [0.3, 0.4) is 0 Å². The number of nitrogens with zero attached hydrogens (tertiary/aromatic N) is 3. The second-order valence-corrected chi connectivity index (χ2v) is 8.14. The van der Waals surface area contributed by atoms with Crippen LogP contribution in [0.1, 0.15) is 47.2 Å². The lowest BCUT2D eigenvalue weighted by Crippen LogP contribution is -2.39. The van der Waals surface area contributed by atoms with Crippen molar-refractivity contribution in [3.05, 3.63) is 65.7 Å². The molecule has 0 aromatic carbocycles. The van der Waals surface area contributed by atoms with Gasteiger partial charge in [0.15, 0.2) is 11.3 Å². The van der Waals surface area contributed by atoms with Crippen LogP contribution in [0.25, 0.3) is 5.65 Å². The van der Waals surface area contributed by atoms with Crippen LogP contribution in [0.2, 0.25) is 0 Å². The maximum Gasteiger partial charge on any atom is 0.356 e. The van der Waals surface area contributed by atoms with E-state index < -0.39 is 5.97 Å². The van der Waals surface area contributed by atoms with E-state index >= 15 is 0 Å². The molecule has 4 rings (SSSR count). The molecule has 2 aromatic rings. The van der Waals surface area contributed by atoms with Gasteiger partial charge in [-0.3, -0.25) is 4.79 Å². The summed E-state index contributed by atoms with van der Waals surface area (Å²) in [6.07, 6.45) is 9.20. The SMILES string of the molecule is C=CCOC(=O)C1=C(C)C2CCC(NC(=O)c3cc(C(=O)OC)nc4ccnn34)C2C=CC1. The lowest BCUT2D eigenvalue weighted by molar-refractivity contribution is -0.138. The standard InChI is InChI=1S/C24H26N4O5/c1-4-12-33-23(30)16-6-5-7-17-15(14(16)2)8-9-18(17)27-22(29)20-13-19(24(31)32-3)26-21-10-11-25-28(20)21/h4-5,7,10-11,13,15,17-18H,1,6,8-9,12H2,2-3H3,(H,27,29). The van der Waals surface area contributed by atoms with E-state index in [0.717, 1.165) is 18.4 Å². The molecule has 2 aromatic heterocycles. The van der Waals surface area contributed by atoms with E-state index in [0.29, 0.717) is 17.6 Å². The van der Waals surface area contributed by atoms with E-state index in [1.165, 1.54) is 23.9 Å². The first-order valence-corrected chi connectivity index (χ1v) is 10.8. The van der Waals surface area contributed by atoms with Crippen molar-refractivity contribution in [1.29, 1.82) is 0 Å². The lowest BCUT2D eigenvalue weighted by atomic mass is 9.87. The van der Waals surface area contributed by atoms with Gasteiger partial charge in [-0.2, -0.15) is 5.10 Å². The van der Waals surface area contributed by atoms with Crippen molar-refractivity contribution >= 4 is 23.5 Å². The highest BCUT2D eigenvalue weighted by Gasteiger charge is 2.39. The highest BCUT2D eigenvalue weighted by Crippen LogP contribution is 2.41. The molecule has 172 valence electrons. The van der Waals surface area contributed by atoms with Gasteiger partial charge in [0.05, 0.1) is 13.3 Å². The van der Waals surface area contributed by atoms with Crippen molar-refractivity contribution < 1.29 is 23.9 Å². The zero-order valence-corrected chi connectivity index (χ0v) is 18.6. The Hall–Kier alpha value is -3.75. The minimum atomic E-state index is -0.628. The molecule has 33 heavy (non-hydrogen) atoms. The largest absolute Gasteiger partial charge is 0.464 e. The molecule has 1 N–H and O–H groups in total. The van der Waals surface area contributed by atoms with Gasteiger partial charge in [-0.25, -0.2) is 19.1 Å². The molecule has 2 heterocycles. The average molecular weight is 450 g/mol. The van der Waals surface area contributed by atoms with Crippen LogP contribution in [-0.2, 0) is 14.3 Å². The summed E-state index contributed by atoms with van der Waals surface area (Å²) < 4.78 is 11.4. The Morgan fingerprint density at radius 1 is 1.30 bits per heavy atom. The molecule has 1 fully saturated rings. The highest BCUT2D eigenvalue weighted by atomic mass is 16.5. The van der Waals surface area contributed by atoms with Crippen molar-refractivity contribution in [2.45, 2.75) is 32.2 Å². The summed E-state index contributed by atoms with van der Waals surface area (Å²) in [5, 5.41) is 7.27. The topological polar surface area (TPSA) is 112 Å². The van der Waals surface area contributed by atoms with Gasteiger partial charge < -0.3 is 14.8 Å². The highest BCUT2D eigenvalue weighted by molar-refractivity contribution is 5.96. The van der Waals surface area contributed by atoms with E-state index in [-0.39, 0.29) is 47.7 Å². The summed E-state index contributed by atoms with van der Waals surface area (Å²) in [6, 6.07) is 2.87. The summed E-state index contributed by atoms with van der Waals surface area (Å²) in [4.78, 5) is 41.9. The molecule has 0 spiro atoms. The van der Waals surface area contributed by atoms with Crippen LogP contribution in [-0.4, -0.2) is 52.2 Å². The van der Waals surface area contributed by atoms with Crippen molar-refractivity contribution in [3.8, 4) is 0 Å². The van der Waals surface area contributed by atoms with Crippen LogP contribution < -0.4 is 5.32 Å². The maximum atomic E-state index is 13.2. The number of rotatable bonds is 6. The van der Waals surface area contributed by atoms with E-state index in [9.17, 15) is 14.4 Å². The summed E-state index contributed by atoms with van der Waals surface area (Å²) in [7, 11) is 1.26. The average Bonchev–Trinajstić information content (AvgIpc) is 3.41. The number of aromatic nitrogens is 3. The number of amides is 1. The fourth-order valence-corrected chi connectivity index (χ4v) is 4.69. The number of carbonyl (C=O) groups excluding carboxylic acids is 3. The van der Waals surface area contributed by atoms with Gasteiger partial charge in [0.25, 0.3) is 5.91 Å². The molecule has 3 unspecified atom stereocenters. The minimum absolute atomic E-state index is 0.0377. The molecule has 9 nitrogen and oxygen atoms in total. The lowest BCUT2D eigenvalue weighted by Gasteiger charge is -2.23. The quantitative estimate of drug-likeness (QED) is 0.532. The van der Waals surface area contributed by atoms with Gasteiger partial charge in [0.1, 0.15) is 12.3 Å². The zero-order valence-electron chi connectivity index (χ0n) is 18.6. The molecular formula is C24H26N4O5. The number of nitrogens with one attached hydrogen (secondary N) is 1. The summed E-state index contributed by atoms with van der Waals surface area (Å²) in [5.74, 6) is -1.12. The van der Waals surface area contributed by atoms with Gasteiger partial charge in [0.2, 0.25) is 0 Å². The Labute approximate surface area is 191 Å². The first-order chi connectivity index (χ1) is 15.9. The third kappa shape index (κ3) is 4.30. The Morgan fingerprint density at radius 2 is 2.12 bits per heavy atom. The van der Waals surface area contributed by atoms with E-state index in [2.05, 4.69) is 28.1 Å². The molecular weight excluding hydrogens is 424 g/mol. The molecule has 0 bridgehead atoms. The van der Waals surface area contributed by atoms with Crippen molar-refractivity contribution in [2.75, 3.05) is 13.7 Å². The van der Waals surface area contributed by atoms with Crippen LogP contribution in [0, 0.1) is 11.8 Å². The summed E-state index contributed by atoms with van der Waals surface area (Å²) in [6.45, 7) is 5.73. The number of allylic oxidation sites excluding steroid dienone is 2. The van der Waals surface area contributed by atoms with Gasteiger partial charge in [-0.1, -0.05) is 30.4 Å². The minimum Gasteiger partial charge on any atom is -0.464 e. The normalized spacial score (nSPS) is 21.9. The van der Waals surface area contributed by atoms with Crippen molar-refractivity contribution in [3.63, 3.8) is 0 Å². The number of ether oxygens (including phenoxy) is 2. The third-order valence-electron chi connectivity index (χ3n) is 6.31. The Kier molecular flexibility index (Phi) is 6.39. The van der Waals surface area contributed by atoms with Crippen LogP contribution in [0.4, 0.5) is 0 Å². The van der Waals surface area contributed by atoms with Gasteiger partial charge in [0, 0.05) is 29.7 Å². The van der Waals surface area contributed by atoms with Gasteiger partial charge >= 0.3 is 11.9 Å². The molecule has 0 radical (unpaired) electrons. The fourth-order valence-electron chi connectivity index (χ4n) is 4.69. The molecule has 3 atom stereocenters. The summed E-state index contributed by atoms with van der Waals surface area (Å²) >= 11 is 0. The Balaban J connectivity index is 1.57. The molecule has 2 aliphatic carbocycles. The van der Waals surface area contributed by atoms with Crippen LogP contribution >= 0.6 is 0 Å². The zero-order chi connectivity index (χ0) is 23.5. The predicted octanol–water partition coefficient (Wildman–Crippen LogP) is 2.65. The molecule has 0 saturated heterocycles. The second kappa shape index (κ2) is 9.40. The number of methoxy groups -OCH3 is 1. The van der Waals surface area contributed by atoms with E-state index in [4.69, 9.17) is 9.47 Å². The molecule has 9 heteroatoms. The number of carbonyl (C=O) groups is 3. The molecule has 2 aliphatic rings. The van der Waals surface area contributed by atoms with Gasteiger partial charge in [-0.15, -0.1) is 0 Å². The van der Waals surface area contributed by atoms with Crippen molar-refractivity contribution in [1.82, 2.24) is 19.9 Å². The van der Waals surface area contributed by atoms with Crippen LogP contribution in [0.15, 0.2) is 54.3 Å². The number of hydrogen-bond acceptors (Lipinski definition) is 7. The molecule has 1 saturated carbocycles. The van der Waals surface area contributed by atoms with Crippen molar-refractivity contribution in [2.24, 2.45) is 11.8 Å². The molecule has 0 aliphatic heterocycles. The third-order valence-corrected chi connectivity index (χ3v) is 6.31. The van der Waals surface area contributed by atoms with E-state index in [1.54, 1.807) is 12.1 Å². The number of hydrogen-bond donors (Lipinski definition) is 1. The number of esters is 2. The van der Waals surface area contributed by atoms with Gasteiger partial charge in [-0.05, 0) is 32.1 Å². The summed E-state index contributed by atoms with van der Waals surface area (Å²) in [5.41, 5.74) is 2.29. The molecule has 1 amide bonds. The second-order valence-electron chi connectivity index (χ2n) is 8.14. The van der Waals surface area contributed by atoms with E-state index in [1.807, 2.05) is 13.0 Å². The monoisotopic (exact) mass is 450 g/mol. The maximum absolute atomic E-state index is 13.2. The number of fused-ring (bicyclic) bond motifs is 2. The Bertz CT molecular complexity index is 1180. The Morgan fingerprint density at radius 3 is 2.88 bits per heavy atom. The first kappa shape index (κ1) is 22.4. The van der Waals surface area contributed by atoms with Crippen LogP contribution in [0.5, 0.6) is 0 Å².